The van der Waals surface area contributed by atoms with Gasteiger partial charge in [0.2, 0.25) is 5.91 Å². The lowest BCUT2D eigenvalue weighted by Crippen LogP contribution is -2.40. The molecule has 2 amide bonds. The third kappa shape index (κ3) is 6.55. The molecule has 1 fully saturated rings. The molecule has 1 aromatic carbocycles. The monoisotopic (exact) mass is 521 g/mol. The van der Waals surface area contributed by atoms with Crippen LogP contribution in [-0.4, -0.2) is 32.6 Å². The first-order valence-electron chi connectivity index (χ1n) is 12.3. The fourth-order valence-corrected chi connectivity index (χ4v) is 4.50. The third-order valence-electron chi connectivity index (χ3n) is 6.38. The molecule has 3 aromatic rings. The van der Waals surface area contributed by atoms with Crippen molar-refractivity contribution in [2.45, 2.75) is 58.5 Å². The predicted octanol–water partition coefficient (Wildman–Crippen LogP) is 5.29. The Morgan fingerprint density at radius 2 is 1.76 bits per heavy atom. The van der Waals surface area contributed by atoms with Crippen LogP contribution in [0.25, 0.3) is 0 Å². The number of anilines is 1. The molecule has 1 aliphatic rings. The van der Waals surface area contributed by atoms with Crippen LogP contribution in [0, 0.1) is 30.5 Å². The van der Waals surface area contributed by atoms with Gasteiger partial charge >= 0.3 is 0 Å². The number of pyridine rings is 1. The van der Waals surface area contributed by atoms with Crippen LogP contribution in [-0.2, 0) is 4.79 Å². The van der Waals surface area contributed by atoms with E-state index in [1.807, 2.05) is 26.8 Å². The Bertz CT molecular complexity index is 1350. The van der Waals surface area contributed by atoms with Crippen LogP contribution >= 0.6 is 11.6 Å². The summed E-state index contributed by atoms with van der Waals surface area (Å²) in [4.78, 5) is 29.6. The topological polar surface area (TPSA) is 88.9 Å². The average Bonchev–Trinajstić information content (AvgIpc) is 3.27. The molecular formula is C28H29ClFN5O2. The molecule has 0 saturated heterocycles. The highest BCUT2D eigenvalue weighted by molar-refractivity contribution is 6.34. The first-order valence-corrected chi connectivity index (χ1v) is 12.7. The average molecular weight is 522 g/mol. The Morgan fingerprint density at radius 1 is 1.08 bits per heavy atom. The molecule has 192 valence electrons. The van der Waals surface area contributed by atoms with Gasteiger partial charge in [0.1, 0.15) is 17.3 Å². The minimum atomic E-state index is -0.390. The van der Waals surface area contributed by atoms with E-state index in [2.05, 4.69) is 32.6 Å². The lowest BCUT2D eigenvalue weighted by atomic mass is 9.90. The Balaban J connectivity index is 1.43. The zero-order chi connectivity index (χ0) is 26.5. The largest absolute Gasteiger partial charge is 0.353 e. The zero-order valence-electron chi connectivity index (χ0n) is 21.0. The van der Waals surface area contributed by atoms with Crippen LogP contribution < -0.4 is 10.6 Å². The van der Waals surface area contributed by atoms with E-state index in [9.17, 15) is 14.0 Å². The van der Waals surface area contributed by atoms with Crippen molar-refractivity contribution in [3.05, 3.63) is 75.9 Å². The van der Waals surface area contributed by atoms with E-state index in [0.29, 0.717) is 16.9 Å². The van der Waals surface area contributed by atoms with Crippen molar-refractivity contribution < 1.29 is 14.0 Å². The lowest BCUT2D eigenvalue weighted by molar-refractivity contribution is -0.125. The number of nitrogens with one attached hydrogen (secondary N) is 2. The number of benzene rings is 1. The van der Waals surface area contributed by atoms with Gasteiger partial charge in [0.15, 0.2) is 0 Å². The number of rotatable bonds is 5. The quantitative estimate of drug-likeness (QED) is 0.447. The van der Waals surface area contributed by atoms with Gasteiger partial charge < -0.3 is 10.6 Å². The molecule has 37 heavy (non-hydrogen) atoms. The molecule has 7 nitrogen and oxygen atoms in total. The van der Waals surface area contributed by atoms with E-state index >= 15 is 0 Å². The van der Waals surface area contributed by atoms with Crippen molar-refractivity contribution in [3.63, 3.8) is 0 Å². The van der Waals surface area contributed by atoms with Crippen molar-refractivity contribution in [3.8, 4) is 11.8 Å². The number of carbonyl (C=O) groups is 2. The van der Waals surface area contributed by atoms with Crippen molar-refractivity contribution >= 4 is 29.2 Å². The van der Waals surface area contributed by atoms with Crippen LogP contribution in [0.4, 0.5) is 10.2 Å². The number of nitrogens with zero attached hydrogens (tertiary/aromatic N) is 3. The standard InChI is InChI=1S/C28H29ClFN5O2/c1-17(2)27(36)33-22-10-12-23(13-11-22)35-25(24(29)16-32-35)28(37)34-26-18(3)14-20(15-31-26)5-4-19-6-8-21(30)9-7-19/h6-9,14-17,22-23H,10-13H2,1-3H3,(H,33,36)(H,31,34,37)/t22-,23+. The Labute approximate surface area is 220 Å². The highest BCUT2D eigenvalue weighted by atomic mass is 35.5. The first kappa shape index (κ1) is 26.4. The molecule has 2 N–H and O–H groups in total. The summed E-state index contributed by atoms with van der Waals surface area (Å²) < 4.78 is 14.8. The van der Waals surface area contributed by atoms with Crippen molar-refractivity contribution in [1.29, 1.82) is 0 Å². The normalized spacial score (nSPS) is 17.1. The van der Waals surface area contributed by atoms with Gasteiger partial charge in [-0.2, -0.15) is 5.10 Å². The van der Waals surface area contributed by atoms with Gasteiger partial charge in [0.25, 0.3) is 5.91 Å². The molecule has 0 atom stereocenters. The van der Waals surface area contributed by atoms with E-state index in [1.54, 1.807) is 23.0 Å². The SMILES string of the molecule is Cc1cc(C#Cc2ccc(F)cc2)cnc1NC(=O)c1c(Cl)cnn1[C@H]1CC[C@@H](NC(=O)C(C)C)CC1. The van der Waals surface area contributed by atoms with Gasteiger partial charge in [-0.1, -0.05) is 37.3 Å². The number of hydrogen-bond acceptors (Lipinski definition) is 4. The fraction of sp³-hybridized carbons (Fsp3) is 0.357. The second-order valence-corrected chi connectivity index (χ2v) is 9.96. The molecular weight excluding hydrogens is 493 g/mol. The van der Waals surface area contributed by atoms with Gasteiger partial charge in [-0.25, -0.2) is 9.37 Å². The van der Waals surface area contributed by atoms with Crippen molar-refractivity contribution in [2.75, 3.05) is 5.32 Å². The molecule has 0 aliphatic heterocycles. The molecule has 9 heteroatoms. The Kier molecular flexibility index (Phi) is 8.24. The predicted molar refractivity (Wildman–Crippen MR) is 141 cm³/mol. The van der Waals surface area contributed by atoms with Crippen molar-refractivity contribution in [2.24, 2.45) is 5.92 Å². The van der Waals surface area contributed by atoms with Gasteiger partial charge in [0, 0.05) is 29.3 Å². The van der Waals surface area contributed by atoms with Gasteiger partial charge in [-0.3, -0.25) is 14.3 Å². The number of halogens is 2. The summed E-state index contributed by atoms with van der Waals surface area (Å²) in [5.41, 5.74) is 2.39. The fourth-order valence-electron chi connectivity index (χ4n) is 4.28. The summed E-state index contributed by atoms with van der Waals surface area (Å²) in [5.74, 6) is 5.68. The lowest BCUT2D eigenvalue weighted by Gasteiger charge is -2.30. The summed E-state index contributed by atoms with van der Waals surface area (Å²) in [6, 6.07) is 7.91. The highest BCUT2D eigenvalue weighted by Gasteiger charge is 2.29. The maximum absolute atomic E-state index is 13.2. The molecule has 2 aromatic heterocycles. The highest BCUT2D eigenvalue weighted by Crippen LogP contribution is 2.31. The van der Waals surface area contributed by atoms with Crippen LogP contribution in [0.1, 0.15) is 72.8 Å². The van der Waals surface area contributed by atoms with E-state index < -0.39 is 5.91 Å². The minimum Gasteiger partial charge on any atom is -0.353 e. The summed E-state index contributed by atoms with van der Waals surface area (Å²) in [7, 11) is 0. The number of carbonyl (C=O) groups excluding carboxylic acids is 2. The minimum absolute atomic E-state index is 0.0126. The molecule has 1 saturated carbocycles. The summed E-state index contributed by atoms with van der Waals surface area (Å²) >= 11 is 6.37. The van der Waals surface area contributed by atoms with Crippen LogP contribution in [0.2, 0.25) is 5.02 Å². The van der Waals surface area contributed by atoms with Crippen LogP contribution in [0.5, 0.6) is 0 Å². The van der Waals surface area contributed by atoms with Crippen LogP contribution in [0.3, 0.4) is 0 Å². The molecule has 0 radical (unpaired) electrons. The molecule has 0 unspecified atom stereocenters. The molecule has 2 heterocycles. The zero-order valence-corrected chi connectivity index (χ0v) is 21.8. The Morgan fingerprint density at radius 3 is 2.41 bits per heavy atom. The van der Waals surface area contributed by atoms with Gasteiger partial charge in [0.05, 0.1) is 17.3 Å². The van der Waals surface area contributed by atoms with E-state index in [-0.39, 0.29) is 40.4 Å². The Hall–Kier alpha value is -3.70. The first-order chi connectivity index (χ1) is 17.7. The third-order valence-corrected chi connectivity index (χ3v) is 6.66. The second kappa shape index (κ2) is 11.6. The van der Waals surface area contributed by atoms with E-state index in [1.165, 1.54) is 18.3 Å². The van der Waals surface area contributed by atoms with Crippen LogP contribution in [0.15, 0.2) is 42.7 Å². The number of hydrogen-bond donors (Lipinski definition) is 2. The maximum atomic E-state index is 13.2. The second-order valence-electron chi connectivity index (χ2n) is 9.55. The number of amides is 2. The summed E-state index contributed by atoms with van der Waals surface area (Å²) in [6.07, 6.45) is 6.23. The summed E-state index contributed by atoms with van der Waals surface area (Å²) in [6.45, 7) is 5.59. The maximum Gasteiger partial charge on any atom is 0.276 e. The molecule has 1 aliphatic carbocycles. The number of aromatic nitrogens is 3. The molecule has 0 spiro atoms. The van der Waals surface area contributed by atoms with E-state index in [4.69, 9.17) is 11.6 Å². The van der Waals surface area contributed by atoms with Crippen molar-refractivity contribution in [1.82, 2.24) is 20.1 Å². The van der Waals surface area contributed by atoms with Gasteiger partial charge in [-0.15, -0.1) is 0 Å². The molecule has 4 rings (SSSR count). The van der Waals surface area contributed by atoms with E-state index in [0.717, 1.165) is 31.2 Å². The smallest absolute Gasteiger partial charge is 0.276 e. The van der Waals surface area contributed by atoms with Gasteiger partial charge in [-0.05, 0) is 68.5 Å². The molecule has 0 bridgehead atoms. The number of aryl methyl sites for hydroxylation is 1. The summed E-state index contributed by atoms with van der Waals surface area (Å²) in [5, 5.41) is 10.6.